The second-order valence-corrected chi connectivity index (χ2v) is 5.63. The van der Waals surface area contributed by atoms with Crippen molar-refractivity contribution in [3.63, 3.8) is 0 Å². The molecule has 3 N–H and O–H groups in total. The monoisotopic (exact) mass is 312 g/mol. The largest absolute Gasteiger partial charge is 0.383 e. The van der Waals surface area contributed by atoms with Crippen molar-refractivity contribution in [2.24, 2.45) is 5.73 Å². The van der Waals surface area contributed by atoms with E-state index < -0.39 is 6.04 Å². The Morgan fingerprint density at radius 3 is 2.52 bits per heavy atom. The topological polar surface area (TPSA) is 64.3 Å². The number of hydrogen-bond acceptors (Lipinski definition) is 3. The summed E-state index contributed by atoms with van der Waals surface area (Å²) in [5, 5.41) is 3.00. The van der Waals surface area contributed by atoms with Crippen LogP contribution in [-0.4, -0.2) is 32.2 Å². The molecule has 118 valence electrons. The van der Waals surface area contributed by atoms with Crippen molar-refractivity contribution in [1.29, 1.82) is 0 Å². The van der Waals surface area contributed by atoms with Crippen LogP contribution >= 0.6 is 12.4 Å². The van der Waals surface area contributed by atoms with E-state index in [1.165, 1.54) is 18.4 Å². The molecule has 0 spiro atoms. The highest BCUT2D eigenvalue weighted by atomic mass is 35.5. The summed E-state index contributed by atoms with van der Waals surface area (Å²) in [6.45, 7) is 0.914. The molecule has 0 radical (unpaired) electrons. The molecule has 0 saturated heterocycles. The zero-order chi connectivity index (χ0) is 14.4. The first kappa shape index (κ1) is 18.0. The summed E-state index contributed by atoms with van der Waals surface area (Å²) in [6.07, 6.45) is 4.68. The van der Waals surface area contributed by atoms with Crippen molar-refractivity contribution in [2.45, 2.75) is 37.1 Å². The zero-order valence-corrected chi connectivity index (χ0v) is 13.3. The first-order valence-electron chi connectivity index (χ1n) is 7.26. The van der Waals surface area contributed by atoms with E-state index in [-0.39, 0.29) is 30.3 Å². The maximum absolute atomic E-state index is 11.9. The lowest BCUT2D eigenvalue weighted by Crippen LogP contribution is -2.47. The number of halogens is 1. The summed E-state index contributed by atoms with van der Waals surface area (Å²) in [4.78, 5) is 11.9. The summed E-state index contributed by atoms with van der Waals surface area (Å²) in [5.74, 6) is -0.131. The molecule has 5 heteroatoms. The van der Waals surface area contributed by atoms with Crippen LogP contribution in [0, 0.1) is 0 Å². The summed E-state index contributed by atoms with van der Waals surface area (Å²) < 4.78 is 4.92. The SMILES string of the molecule is COCC(N)C(=O)NCC1(c2ccccc2)CCCC1.Cl. The number of methoxy groups -OCH3 is 1. The van der Waals surface area contributed by atoms with Crippen LogP contribution in [0.25, 0.3) is 0 Å². The van der Waals surface area contributed by atoms with E-state index in [0.717, 1.165) is 12.8 Å². The molecule has 0 heterocycles. The second-order valence-electron chi connectivity index (χ2n) is 5.63. The molecule has 0 bridgehead atoms. The minimum atomic E-state index is -0.589. The summed E-state index contributed by atoms with van der Waals surface area (Å²) in [7, 11) is 1.55. The fourth-order valence-corrected chi connectivity index (χ4v) is 3.05. The summed E-state index contributed by atoms with van der Waals surface area (Å²) >= 11 is 0. The third-order valence-electron chi connectivity index (χ3n) is 4.23. The molecule has 1 atom stereocenters. The minimum absolute atomic E-state index is 0. The van der Waals surface area contributed by atoms with Crippen molar-refractivity contribution in [1.82, 2.24) is 5.32 Å². The number of nitrogens with two attached hydrogens (primary N) is 1. The smallest absolute Gasteiger partial charge is 0.239 e. The Kier molecular flexibility index (Phi) is 7.15. The molecule has 1 amide bonds. The minimum Gasteiger partial charge on any atom is -0.383 e. The van der Waals surface area contributed by atoms with Crippen LogP contribution < -0.4 is 11.1 Å². The van der Waals surface area contributed by atoms with E-state index in [0.29, 0.717) is 6.54 Å². The molecule has 1 aromatic carbocycles. The highest BCUT2D eigenvalue weighted by Crippen LogP contribution is 2.40. The Morgan fingerprint density at radius 2 is 1.95 bits per heavy atom. The quantitative estimate of drug-likeness (QED) is 0.844. The highest BCUT2D eigenvalue weighted by molar-refractivity contribution is 5.85. The predicted molar refractivity (Wildman–Crippen MR) is 86.7 cm³/mol. The fourth-order valence-electron chi connectivity index (χ4n) is 3.05. The highest BCUT2D eigenvalue weighted by Gasteiger charge is 2.36. The molecule has 1 aromatic rings. The zero-order valence-electron chi connectivity index (χ0n) is 12.5. The average molecular weight is 313 g/mol. The second kappa shape index (κ2) is 8.37. The molecule has 4 nitrogen and oxygen atoms in total. The Morgan fingerprint density at radius 1 is 1.33 bits per heavy atom. The van der Waals surface area contributed by atoms with Crippen LogP contribution in [0.5, 0.6) is 0 Å². The molecule has 1 aliphatic rings. The molecule has 1 fully saturated rings. The Hall–Kier alpha value is -1.10. The molecule has 0 aliphatic heterocycles. The van der Waals surface area contributed by atoms with E-state index >= 15 is 0 Å². The van der Waals surface area contributed by atoms with Crippen molar-refractivity contribution < 1.29 is 9.53 Å². The number of nitrogens with one attached hydrogen (secondary N) is 1. The number of ether oxygens (including phenoxy) is 1. The van der Waals surface area contributed by atoms with Crippen LogP contribution in [0.15, 0.2) is 30.3 Å². The lowest BCUT2D eigenvalue weighted by Gasteiger charge is -2.30. The molecule has 1 aliphatic carbocycles. The van der Waals surface area contributed by atoms with Gasteiger partial charge in [0.1, 0.15) is 6.04 Å². The fraction of sp³-hybridized carbons (Fsp3) is 0.562. The van der Waals surface area contributed by atoms with Gasteiger partial charge in [-0.15, -0.1) is 12.4 Å². The van der Waals surface area contributed by atoms with Gasteiger partial charge in [0, 0.05) is 19.1 Å². The van der Waals surface area contributed by atoms with E-state index in [1.54, 1.807) is 7.11 Å². The van der Waals surface area contributed by atoms with Crippen LogP contribution in [0.1, 0.15) is 31.2 Å². The molecule has 0 aromatic heterocycles. The summed E-state index contributed by atoms with van der Waals surface area (Å²) in [5.41, 5.74) is 7.15. The molecular formula is C16H25ClN2O2. The van der Waals surface area contributed by atoms with E-state index in [9.17, 15) is 4.79 Å². The number of carbonyl (C=O) groups excluding carboxylic acids is 1. The molecule has 21 heavy (non-hydrogen) atoms. The lowest BCUT2D eigenvalue weighted by atomic mass is 9.79. The Bertz CT molecular complexity index is 433. The van der Waals surface area contributed by atoms with Crippen LogP contribution in [0.4, 0.5) is 0 Å². The lowest BCUT2D eigenvalue weighted by molar-refractivity contribution is -0.123. The number of benzene rings is 1. The molecule has 1 unspecified atom stereocenters. The van der Waals surface area contributed by atoms with E-state index in [2.05, 4.69) is 29.6 Å². The van der Waals surface area contributed by atoms with Gasteiger partial charge in [-0.05, 0) is 18.4 Å². The van der Waals surface area contributed by atoms with Gasteiger partial charge in [-0.2, -0.15) is 0 Å². The average Bonchev–Trinajstić information content (AvgIpc) is 2.96. The summed E-state index contributed by atoms with van der Waals surface area (Å²) in [6, 6.07) is 9.88. The number of hydrogen-bond donors (Lipinski definition) is 2. The maximum Gasteiger partial charge on any atom is 0.239 e. The Labute approximate surface area is 132 Å². The van der Waals surface area contributed by atoms with Crippen LogP contribution in [-0.2, 0) is 14.9 Å². The van der Waals surface area contributed by atoms with Gasteiger partial charge in [-0.1, -0.05) is 43.2 Å². The number of amides is 1. The molecule has 2 rings (SSSR count). The van der Waals surface area contributed by atoms with Crippen LogP contribution in [0.2, 0.25) is 0 Å². The van der Waals surface area contributed by atoms with Gasteiger partial charge in [0.25, 0.3) is 0 Å². The van der Waals surface area contributed by atoms with Gasteiger partial charge < -0.3 is 15.8 Å². The number of carbonyl (C=O) groups is 1. The van der Waals surface area contributed by atoms with Gasteiger partial charge in [0.05, 0.1) is 6.61 Å². The first-order valence-corrected chi connectivity index (χ1v) is 7.26. The van der Waals surface area contributed by atoms with Gasteiger partial charge >= 0.3 is 0 Å². The molecule has 1 saturated carbocycles. The van der Waals surface area contributed by atoms with Gasteiger partial charge in [-0.25, -0.2) is 0 Å². The normalized spacial score (nSPS) is 17.8. The van der Waals surface area contributed by atoms with Crippen molar-refractivity contribution in [3.8, 4) is 0 Å². The van der Waals surface area contributed by atoms with Crippen molar-refractivity contribution in [3.05, 3.63) is 35.9 Å². The van der Waals surface area contributed by atoms with E-state index in [4.69, 9.17) is 10.5 Å². The Balaban J connectivity index is 0.00000220. The van der Waals surface area contributed by atoms with Crippen molar-refractivity contribution in [2.75, 3.05) is 20.3 Å². The third kappa shape index (κ3) is 4.43. The number of rotatable bonds is 6. The standard InChI is InChI=1S/C16H24N2O2.ClH/c1-20-11-14(17)15(19)18-12-16(9-5-6-10-16)13-7-3-2-4-8-13;/h2-4,7-8,14H,5-6,9-12,17H2,1H3,(H,18,19);1H. The predicted octanol–water partition coefficient (Wildman–Crippen LogP) is 2.01. The van der Waals surface area contributed by atoms with Gasteiger partial charge in [-0.3, -0.25) is 4.79 Å². The van der Waals surface area contributed by atoms with Crippen molar-refractivity contribution >= 4 is 18.3 Å². The van der Waals surface area contributed by atoms with Gasteiger partial charge in [0.2, 0.25) is 5.91 Å². The third-order valence-corrected chi connectivity index (χ3v) is 4.23. The van der Waals surface area contributed by atoms with Crippen LogP contribution in [0.3, 0.4) is 0 Å². The van der Waals surface area contributed by atoms with Gasteiger partial charge in [0.15, 0.2) is 0 Å². The van der Waals surface area contributed by atoms with E-state index in [1.807, 2.05) is 6.07 Å². The maximum atomic E-state index is 11.9. The molecular weight excluding hydrogens is 288 g/mol. The first-order chi connectivity index (χ1) is 9.68.